The molecule has 102 valence electrons. The smallest absolute Gasteiger partial charge is 0.309 e. The zero-order valence-corrected chi connectivity index (χ0v) is 11.0. The fourth-order valence-electron chi connectivity index (χ4n) is 2.06. The van der Waals surface area contributed by atoms with E-state index in [2.05, 4.69) is 5.32 Å². The Morgan fingerprint density at radius 3 is 2.50 bits per heavy atom. The summed E-state index contributed by atoms with van der Waals surface area (Å²) in [5, 5.41) is 11.5. The molecule has 6 nitrogen and oxygen atoms in total. The molecule has 1 rings (SSSR count). The molecule has 1 unspecified atom stereocenters. The number of amides is 2. The molecule has 1 fully saturated rings. The largest absolute Gasteiger partial charge is 0.481 e. The third-order valence-corrected chi connectivity index (χ3v) is 3.29. The van der Waals surface area contributed by atoms with Crippen molar-refractivity contribution in [3.63, 3.8) is 0 Å². The molecule has 1 atom stereocenters. The molecule has 0 radical (unpaired) electrons. The first-order valence-electron chi connectivity index (χ1n) is 6.04. The van der Waals surface area contributed by atoms with Crippen molar-refractivity contribution in [1.29, 1.82) is 0 Å². The van der Waals surface area contributed by atoms with Gasteiger partial charge >= 0.3 is 5.97 Å². The van der Waals surface area contributed by atoms with E-state index >= 15 is 0 Å². The standard InChI is InChI=1S/C12H20N2O4/c1-12(2,11(17)18)7-9(15)14-6-4-5-8(14)10(16)13-3/h8H,4-7H2,1-3H3,(H,13,16)(H,17,18). The van der Waals surface area contributed by atoms with Crippen molar-refractivity contribution in [2.24, 2.45) is 5.41 Å². The molecule has 1 aliphatic heterocycles. The summed E-state index contributed by atoms with van der Waals surface area (Å²) in [7, 11) is 1.53. The maximum Gasteiger partial charge on any atom is 0.309 e. The number of carbonyl (C=O) groups is 3. The number of likely N-dealkylation sites (N-methyl/N-ethyl adjacent to an activating group) is 1. The summed E-state index contributed by atoms with van der Waals surface area (Å²) < 4.78 is 0. The van der Waals surface area contributed by atoms with E-state index in [9.17, 15) is 14.4 Å². The number of carboxylic acids is 1. The fraction of sp³-hybridized carbons (Fsp3) is 0.750. The molecular weight excluding hydrogens is 236 g/mol. The van der Waals surface area contributed by atoms with E-state index in [4.69, 9.17) is 5.11 Å². The Labute approximate surface area is 106 Å². The molecule has 2 N–H and O–H groups in total. The first kappa shape index (κ1) is 14.5. The summed E-state index contributed by atoms with van der Waals surface area (Å²) in [4.78, 5) is 36.2. The number of nitrogens with zero attached hydrogens (tertiary/aromatic N) is 1. The van der Waals surface area contributed by atoms with E-state index in [1.54, 1.807) is 0 Å². The van der Waals surface area contributed by atoms with E-state index in [1.807, 2.05) is 0 Å². The molecule has 0 aromatic heterocycles. The Morgan fingerprint density at radius 2 is 2.00 bits per heavy atom. The van der Waals surface area contributed by atoms with Crippen LogP contribution in [0.4, 0.5) is 0 Å². The van der Waals surface area contributed by atoms with Crippen LogP contribution in [0.1, 0.15) is 33.1 Å². The maximum atomic E-state index is 12.1. The Bertz CT molecular complexity index is 365. The van der Waals surface area contributed by atoms with Crippen LogP contribution in [-0.2, 0) is 14.4 Å². The summed E-state index contributed by atoms with van der Waals surface area (Å²) in [5.41, 5.74) is -1.10. The topological polar surface area (TPSA) is 86.7 Å². The molecule has 0 aliphatic carbocycles. The molecule has 0 aromatic rings. The highest BCUT2D eigenvalue weighted by Crippen LogP contribution is 2.25. The summed E-state index contributed by atoms with van der Waals surface area (Å²) in [6.45, 7) is 3.54. The van der Waals surface area contributed by atoms with Gasteiger partial charge in [-0.15, -0.1) is 0 Å². The van der Waals surface area contributed by atoms with E-state index in [1.165, 1.54) is 25.8 Å². The summed E-state index contributed by atoms with van der Waals surface area (Å²) >= 11 is 0. The van der Waals surface area contributed by atoms with Gasteiger partial charge in [0.05, 0.1) is 5.41 Å². The second-order valence-corrected chi connectivity index (χ2v) is 5.23. The van der Waals surface area contributed by atoms with Gasteiger partial charge in [-0.1, -0.05) is 0 Å². The van der Waals surface area contributed by atoms with Crippen LogP contribution in [0.15, 0.2) is 0 Å². The van der Waals surface area contributed by atoms with Gasteiger partial charge in [-0.2, -0.15) is 0 Å². The van der Waals surface area contributed by atoms with E-state index < -0.39 is 17.4 Å². The van der Waals surface area contributed by atoms with Gasteiger partial charge in [0.1, 0.15) is 6.04 Å². The summed E-state index contributed by atoms with van der Waals surface area (Å²) in [5.74, 6) is -1.46. The molecule has 0 spiro atoms. The van der Waals surface area contributed by atoms with E-state index in [0.717, 1.165) is 6.42 Å². The fourth-order valence-corrected chi connectivity index (χ4v) is 2.06. The molecule has 1 aliphatic rings. The van der Waals surface area contributed by atoms with Crippen LogP contribution in [0.3, 0.4) is 0 Å². The normalized spacial score (nSPS) is 19.7. The van der Waals surface area contributed by atoms with Crippen molar-refractivity contribution < 1.29 is 19.5 Å². The molecule has 6 heteroatoms. The van der Waals surface area contributed by atoms with Gasteiger partial charge in [-0.05, 0) is 26.7 Å². The predicted molar refractivity (Wildman–Crippen MR) is 64.8 cm³/mol. The van der Waals surface area contributed by atoms with Crippen molar-refractivity contribution >= 4 is 17.8 Å². The zero-order valence-electron chi connectivity index (χ0n) is 11.0. The summed E-state index contributed by atoms with van der Waals surface area (Å²) in [6.07, 6.45) is 1.33. The lowest BCUT2D eigenvalue weighted by Gasteiger charge is -2.27. The summed E-state index contributed by atoms with van der Waals surface area (Å²) in [6, 6.07) is -0.452. The lowest BCUT2D eigenvalue weighted by molar-refractivity contribution is -0.152. The molecule has 0 saturated carbocycles. The van der Waals surface area contributed by atoms with Crippen molar-refractivity contribution in [2.45, 2.75) is 39.2 Å². The van der Waals surface area contributed by atoms with Crippen LogP contribution < -0.4 is 5.32 Å². The van der Waals surface area contributed by atoms with Gasteiger partial charge in [0.15, 0.2) is 0 Å². The average molecular weight is 256 g/mol. The van der Waals surface area contributed by atoms with Crippen LogP contribution >= 0.6 is 0 Å². The lowest BCUT2D eigenvalue weighted by atomic mass is 9.89. The van der Waals surface area contributed by atoms with Crippen molar-refractivity contribution in [2.75, 3.05) is 13.6 Å². The monoisotopic (exact) mass is 256 g/mol. The highest BCUT2D eigenvalue weighted by molar-refractivity contribution is 5.90. The van der Waals surface area contributed by atoms with Crippen LogP contribution in [0.25, 0.3) is 0 Å². The minimum atomic E-state index is -1.10. The third-order valence-electron chi connectivity index (χ3n) is 3.29. The SMILES string of the molecule is CNC(=O)C1CCCN1C(=O)CC(C)(C)C(=O)O. The van der Waals surface area contributed by atoms with Gasteiger partial charge in [-0.25, -0.2) is 0 Å². The zero-order chi connectivity index (χ0) is 13.9. The number of nitrogens with one attached hydrogen (secondary N) is 1. The van der Waals surface area contributed by atoms with Crippen molar-refractivity contribution in [1.82, 2.24) is 10.2 Å². The van der Waals surface area contributed by atoms with Gasteiger partial charge in [-0.3, -0.25) is 14.4 Å². The second-order valence-electron chi connectivity index (χ2n) is 5.23. The second kappa shape index (κ2) is 5.37. The van der Waals surface area contributed by atoms with Crippen LogP contribution in [0.2, 0.25) is 0 Å². The number of likely N-dealkylation sites (tertiary alicyclic amines) is 1. The third kappa shape index (κ3) is 3.00. The Morgan fingerprint density at radius 1 is 1.39 bits per heavy atom. The minimum absolute atomic E-state index is 0.0875. The number of rotatable bonds is 4. The number of carbonyl (C=O) groups excluding carboxylic acids is 2. The molecule has 2 amide bonds. The molecule has 0 aromatic carbocycles. The molecule has 18 heavy (non-hydrogen) atoms. The Kier molecular flexibility index (Phi) is 4.32. The number of carboxylic acid groups (broad SMARTS) is 1. The van der Waals surface area contributed by atoms with Gasteiger partial charge in [0.2, 0.25) is 11.8 Å². The van der Waals surface area contributed by atoms with Gasteiger partial charge in [0, 0.05) is 20.0 Å². The molecular formula is C12H20N2O4. The number of aliphatic carboxylic acids is 1. The predicted octanol–water partition coefficient (Wildman–Crippen LogP) is 0.224. The maximum absolute atomic E-state index is 12.1. The van der Waals surface area contributed by atoms with Gasteiger partial charge < -0.3 is 15.3 Å². The molecule has 0 bridgehead atoms. The highest BCUT2D eigenvalue weighted by atomic mass is 16.4. The average Bonchev–Trinajstić information content (AvgIpc) is 2.76. The van der Waals surface area contributed by atoms with Crippen LogP contribution in [-0.4, -0.2) is 47.4 Å². The van der Waals surface area contributed by atoms with Crippen LogP contribution in [0, 0.1) is 5.41 Å². The minimum Gasteiger partial charge on any atom is -0.481 e. The Balaban J connectivity index is 2.72. The molecule has 1 heterocycles. The first-order chi connectivity index (χ1) is 8.29. The first-order valence-corrected chi connectivity index (χ1v) is 6.04. The van der Waals surface area contributed by atoms with E-state index in [0.29, 0.717) is 13.0 Å². The quantitative estimate of drug-likeness (QED) is 0.753. The highest BCUT2D eigenvalue weighted by Gasteiger charge is 2.38. The van der Waals surface area contributed by atoms with Gasteiger partial charge in [0.25, 0.3) is 0 Å². The lowest BCUT2D eigenvalue weighted by Crippen LogP contribution is -2.46. The molecule has 1 saturated heterocycles. The number of hydrogen-bond donors (Lipinski definition) is 2. The van der Waals surface area contributed by atoms with E-state index in [-0.39, 0.29) is 18.2 Å². The van der Waals surface area contributed by atoms with Crippen molar-refractivity contribution in [3.05, 3.63) is 0 Å². The van der Waals surface area contributed by atoms with Crippen molar-refractivity contribution in [3.8, 4) is 0 Å². The Hall–Kier alpha value is -1.59. The number of hydrogen-bond acceptors (Lipinski definition) is 3. The van der Waals surface area contributed by atoms with Crippen LogP contribution in [0.5, 0.6) is 0 Å².